The van der Waals surface area contributed by atoms with Gasteiger partial charge < -0.3 is 10.1 Å². The number of halogens is 1. The highest BCUT2D eigenvalue weighted by atomic mass is 35.5. The molecule has 2 rings (SSSR count). The third kappa shape index (κ3) is 5.97. The molecule has 5 nitrogen and oxygen atoms in total. The van der Waals surface area contributed by atoms with Crippen LogP contribution in [0.4, 0.5) is 0 Å². The second-order valence-corrected chi connectivity index (χ2v) is 7.80. The molecule has 7 heteroatoms. The summed E-state index contributed by atoms with van der Waals surface area (Å²) in [6.45, 7) is 3.22. The van der Waals surface area contributed by atoms with Gasteiger partial charge in [0.25, 0.3) is 0 Å². The van der Waals surface area contributed by atoms with Gasteiger partial charge in [-0.15, -0.1) is 11.3 Å². The lowest BCUT2D eigenvalue weighted by Gasteiger charge is -2.20. The van der Waals surface area contributed by atoms with Crippen molar-refractivity contribution < 1.29 is 19.1 Å². The number of esters is 1. The number of nitrogens with one attached hydrogen (secondary N) is 1. The molecular formula is C19H20ClNO4S. The van der Waals surface area contributed by atoms with Crippen molar-refractivity contribution >= 4 is 40.6 Å². The van der Waals surface area contributed by atoms with E-state index in [0.717, 1.165) is 16.9 Å². The molecule has 138 valence electrons. The van der Waals surface area contributed by atoms with E-state index in [1.54, 1.807) is 26.0 Å². The fourth-order valence-electron chi connectivity index (χ4n) is 2.27. The lowest BCUT2D eigenvalue weighted by molar-refractivity contribution is -0.148. The number of benzene rings is 1. The van der Waals surface area contributed by atoms with Crippen molar-refractivity contribution in [2.75, 3.05) is 6.61 Å². The zero-order valence-corrected chi connectivity index (χ0v) is 16.1. The number of hydrogen-bond acceptors (Lipinski definition) is 5. The van der Waals surface area contributed by atoms with Crippen molar-refractivity contribution in [2.45, 2.75) is 26.3 Å². The van der Waals surface area contributed by atoms with E-state index >= 15 is 0 Å². The molecule has 1 N–H and O–H groups in total. The summed E-state index contributed by atoms with van der Waals surface area (Å²) in [7, 11) is 0. The Morgan fingerprint density at radius 2 is 1.81 bits per heavy atom. The summed E-state index contributed by atoms with van der Waals surface area (Å²) < 4.78 is 5.60. The first kappa shape index (κ1) is 20.1. The Bertz CT molecular complexity index is 773. The molecule has 0 aliphatic heterocycles. The van der Waals surface area contributed by atoms with Crippen molar-refractivity contribution in [3.05, 3.63) is 57.2 Å². The van der Waals surface area contributed by atoms with Crippen LogP contribution in [0.2, 0.25) is 4.34 Å². The number of carbonyl (C=O) groups excluding carboxylic acids is 3. The van der Waals surface area contributed by atoms with Gasteiger partial charge in [0.05, 0.1) is 15.6 Å². The minimum atomic E-state index is -0.814. The lowest BCUT2D eigenvalue weighted by atomic mass is 10.0. The molecule has 1 aromatic carbocycles. The van der Waals surface area contributed by atoms with Gasteiger partial charge in [0.2, 0.25) is 11.7 Å². The van der Waals surface area contributed by atoms with E-state index in [0.29, 0.717) is 9.21 Å². The van der Waals surface area contributed by atoms with Crippen molar-refractivity contribution in [3.63, 3.8) is 0 Å². The Hall–Kier alpha value is -2.18. The zero-order valence-electron chi connectivity index (χ0n) is 14.5. The smallest absolute Gasteiger partial charge is 0.329 e. The monoisotopic (exact) mass is 393 g/mol. The third-order valence-corrected chi connectivity index (χ3v) is 4.91. The predicted octanol–water partition coefficient (Wildman–Crippen LogP) is 3.51. The SMILES string of the molecule is CC(C)[C@H](NC(=O)Cc1ccccc1)C(=O)OCC(=O)c1ccc(Cl)s1. The van der Waals surface area contributed by atoms with Gasteiger partial charge in [-0.05, 0) is 23.6 Å². The highest BCUT2D eigenvalue weighted by Crippen LogP contribution is 2.21. The maximum absolute atomic E-state index is 12.3. The second kappa shape index (κ2) is 9.50. The van der Waals surface area contributed by atoms with E-state index in [1.807, 2.05) is 30.3 Å². The number of Topliss-reactive ketones (excluding diaryl/α,β-unsaturated/α-hetero) is 1. The van der Waals surface area contributed by atoms with E-state index < -0.39 is 12.0 Å². The average molecular weight is 394 g/mol. The number of carbonyl (C=O) groups is 3. The Balaban J connectivity index is 1.90. The van der Waals surface area contributed by atoms with Gasteiger partial charge >= 0.3 is 5.97 Å². The molecule has 0 radical (unpaired) electrons. The second-order valence-electron chi connectivity index (χ2n) is 6.09. The van der Waals surface area contributed by atoms with Crippen LogP contribution in [0.3, 0.4) is 0 Å². The molecule has 1 amide bonds. The average Bonchev–Trinajstić information content (AvgIpc) is 3.04. The molecular weight excluding hydrogens is 374 g/mol. The van der Waals surface area contributed by atoms with Crippen LogP contribution in [0.15, 0.2) is 42.5 Å². The Morgan fingerprint density at radius 3 is 2.38 bits per heavy atom. The standard InChI is InChI=1S/C19H20ClNO4S/c1-12(2)18(21-17(23)10-13-6-4-3-5-7-13)19(24)25-11-14(22)15-8-9-16(20)26-15/h3-9,12,18H,10-11H2,1-2H3,(H,21,23)/t18-/m0/s1. The van der Waals surface area contributed by atoms with Crippen molar-refractivity contribution in [2.24, 2.45) is 5.92 Å². The number of rotatable bonds is 8. The maximum atomic E-state index is 12.3. The van der Waals surface area contributed by atoms with Crippen LogP contribution in [0, 0.1) is 5.92 Å². The number of thiophene rings is 1. The Morgan fingerprint density at radius 1 is 1.12 bits per heavy atom. The molecule has 0 unspecified atom stereocenters. The summed E-state index contributed by atoms with van der Waals surface area (Å²) in [4.78, 5) is 36.9. The van der Waals surface area contributed by atoms with Crippen LogP contribution in [0.1, 0.15) is 29.1 Å². The van der Waals surface area contributed by atoms with Crippen molar-refractivity contribution in [1.82, 2.24) is 5.32 Å². The van der Waals surface area contributed by atoms with Crippen LogP contribution in [-0.4, -0.2) is 30.3 Å². The molecule has 0 saturated carbocycles. The van der Waals surface area contributed by atoms with Gasteiger partial charge in [-0.2, -0.15) is 0 Å². The van der Waals surface area contributed by atoms with Crippen LogP contribution in [0.5, 0.6) is 0 Å². The van der Waals surface area contributed by atoms with E-state index in [4.69, 9.17) is 16.3 Å². The number of ketones is 1. The highest BCUT2D eigenvalue weighted by Gasteiger charge is 2.26. The quantitative estimate of drug-likeness (QED) is 0.550. The minimum absolute atomic E-state index is 0.171. The zero-order chi connectivity index (χ0) is 19.1. The third-order valence-electron chi connectivity index (χ3n) is 3.64. The molecule has 0 fully saturated rings. The minimum Gasteiger partial charge on any atom is -0.456 e. The molecule has 0 aliphatic carbocycles. The topological polar surface area (TPSA) is 72.5 Å². The van der Waals surface area contributed by atoms with Crippen molar-refractivity contribution in [3.8, 4) is 0 Å². The normalized spacial score (nSPS) is 11.8. The largest absolute Gasteiger partial charge is 0.456 e. The van der Waals surface area contributed by atoms with E-state index in [2.05, 4.69) is 5.32 Å². The summed E-state index contributed by atoms with van der Waals surface area (Å²) in [5, 5.41) is 2.69. The predicted molar refractivity (Wildman–Crippen MR) is 102 cm³/mol. The summed E-state index contributed by atoms with van der Waals surface area (Å²) >= 11 is 6.92. The van der Waals surface area contributed by atoms with Gasteiger partial charge in [0, 0.05) is 0 Å². The summed E-state index contributed by atoms with van der Waals surface area (Å²) in [6.07, 6.45) is 0.171. The number of amides is 1. The van der Waals surface area contributed by atoms with E-state index in [-0.39, 0.29) is 30.6 Å². The first-order valence-electron chi connectivity index (χ1n) is 8.15. The van der Waals surface area contributed by atoms with Gasteiger partial charge in [0.1, 0.15) is 6.04 Å². The van der Waals surface area contributed by atoms with Gasteiger partial charge in [-0.25, -0.2) is 4.79 Å². The first-order valence-corrected chi connectivity index (χ1v) is 9.34. The van der Waals surface area contributed by atoms with Crippen LogP contribution >= 0.6 is 22.9 Å². The fourth-order valence-corrected chi connectivity index (χ4v) is 3.23. The van der Waals surface area contributed by atoms with E-state index in [9.17, 15) is 14.4 Å². The van der Waals surface area contributed by atoms with Gasteiger partial charge in [-0.1, -0.05) is 55.8 Å². The van der Waals surface area contributed by atoms with Gasteiger partial charge in [-0.3, -0.25) is 9.59 Å². The Kier molecular flexibility index (Phi) is 7.36. The molecule has 1 aromatic heterocycles. The molecule has 0 saturated heterocycles. The van der Waals surface area contributed by atoms with Gasteiger partial charge in [0.15, 0.2) is 6.61 Å². The van der Waals surface area contributed by atoms with Crippen LogP contribution in [0.25, 0.3) is 0 Å². The molecule has 2 aromatic rings. The summed E-state index contributed by atoms with van der Waals surface area (Å²) in [5.74, 6) is -1.40. The maximum Gasteiger partial charge on any atom is 0.329 e. The van der Waals surface area contributed by atoms with E-state index in [1.165, 1.54) is 0 Å². The molecule has 26 heavy (non-hydrogen) atoms. The first-order chi connectivity index (χ1) is 12.4. The molecule has 1 atom stereocenters. The fraction of sp³-hybridized carbons (Fsp3) is 0.316. The molecule has 1 heterocycles. The summed E-state index contributed by atoms with van der Waals surface area (Å²) in [5.41, 5.74) is 0.852. The number of ether oxygens (including phenoxy) is 1. The molecule has 0 bridgehead atoms. The molecule has 0 spiro atoms. The Labute approximate surface area is 161 Å². The van der Waals surface area contributed by atoms with Crippen LogP contribution < -0.4 is 5.32 Å². The lowest BCUT2D eigenvalue weighted by Crippen LogP contribution is -2.46. The number of hydrogen-bond donors (Lipinski definition) is 1. The van der Waals surface area contributed by atoms with Crippen LogP contribution in [-0.2, 0) is 20.7 Å². The highest BCUT2D eigenvalue weighted by molar-refractivity contribution is 7.18. The summed E-state index contributed by atoms with van der Waals surface area (Å²) in [6, 6.07) is 11.6. The van der Waals surface area contributed by atoms with Crippen molar-refractivity contribution in [1.29, 1.82) is 0 Å². The molecule has 0 aliphatic rings.